The first kappa shape index (κ1) is 21.4. The molecule has 156 valence electrons. The minimum absolute atomic E-state index is 0.0343. The smallest absolute Gasteiger partial charge is 0.337 e. The number of anilines is 1. The molecule has 7 nitrogen and oxygen atoms in total. The van der Waals surface area contributed by atoms with Crippen molar-refractivity contribution in [3.05, 3.63) is 76.5 Å². The minimum Gasteiger partial charge on any atom is -0.491 e. The van der Waals surface area contributed by atoms with Gasteiger partial charge < -0.3 is 24.6 Å². The molecule has 0 saturated carbocycles. The van der Waals surface area contributed by atoms with E-state index < -0.39 is 12.1 Å². The second-order valence-electron chi connectivity index (χ2n) is 6.25. The third-order valence-electron chi connectivity index (χ3n) is 4.02. The second kappa shape index (κ2) is 10.4. The van der Waals surface area contributed by atoms with Crippen LogP contribution in [0.5, 0.6) is 11.5 Å². The Morgan fingerprint density at radius 1 is 0.967 bits per heavy atom. The lowest BCUT2D eigenvalue weighted by atomic mass is 10.2. The highest BCUT2D eigenvalue weighted by Crippen LogP contribution is 2.18. The van der Waals surface area contributed by atoms with Crippen LogP contribution >= 0.6 is 11.3 Å². The van der Waals surface area contributed by atoms with E-state index in [2.05, 4.69) is 10.1 Å². The number of hydrogen-bond acceptors (Lipinski definition) is 7. The van der Waals surface area contributed by atoms with Crippen molar-refractivity contribution in [2.45, 2.75) is 6.10 Å². The molecule has 1 amide bonds. The Morgan fingerprint density at radius 2 is 1.57 bits per heavy atom. The van der Waals surface area contributed by atoms with Crippen LogP contribution in [0, 0.1) is 0 Å². The van der Waals surface area contributed by atoms with E-state index >= 15 is 0 Å². The number of esters is 1. The molecule has 0 spiro atoms. The fourth-order valence-corrected chi connectivity index (χ4v) is 3.09. The third-order valence-corrected chi connectivity index (χ3v) is 4.89. The van der Waals surface area contributed by atoms with Gasteiger partial charge in [-0.1, -0.05) is 6.07 Å². The van der Waals surface area contributed by atoms with Gasteiger partial charge >= 0.3 is 5.97 Å². The van der Waals surface area contributed by atoms with Crippen LogP contribution in [0.1, 0.15) is 20.0 Å². The van der Waals surface area contributed by atoms with Gasteiger partial charge in [-0.15, -0.1) is 11.3 Å². The van der Waals surface area contributed by atoms with Crippen molar-refractivity contribution in [3.8, 4) is 11.5 Å². The molecule has 1 aromatic heterocycles. The highest BCUT2D eigenvalue weighted by Gasteiger charge is 2.10. The second-order valence-corrected chi connectivity index (χ2v) is 7.20. The summed E-state index contributed by atoms with van der Waals surface area (Å²) >= 11 is 1.37. The summed E-state index contributed by atoms with van der Waals surface area (Å²) in [6.45, 7) is 0.0771. The standard InChI is InChI=1S/C22H21NO6S/c1-27-22(26)15-4-8-18(9-5-15)28-13-17(24)14-29-19-10-6-16(7-11-19)23-21(25)20-3-2-12-30-20/h2-12,17,24H,13-14H2,1H3,(H,23,25)/t17-/m0/s1. The molecule has 3 aromatic rings. The number of thiophene rings is 1. The highest BCUT2D eigenvalue weighted by molar-refractivity contribution is 7.12. The Kier molecular flexibility index (Phi) is 7.42. The van der Waals surface area contributed by atoms with Crippen molar-refractivity contribution < 1.29 is 28.9 Å². The van der Waals surface area contributed by atoms with Crippen molar-refractivity contribution >= 4 is 28.9 Å². The molecule has 0 aliphatic rings. The predicted molar refractivity (Wildman–Crippen MR) is 113 cm³/mol. The van der Waals surface area contributed by atoms with Crippen molar-refractivity contribution in [1.82, 2.24) is 0 Å². The number of methoxy groups -OCH3 is 1. The van der Waals surface area contributed by atoms with Gasteiger partial charge in [0.15, 0.2) is 0 Å². The Bertz CT molecular complexity index is 954. The highest BCUT2D eigenvalue weighted by atomic mass is 32.1. The molecular weight excluding hydrogens is 406 g/mol. The molecular formula is C22H21NO6S. The zero-order valence-electron chi connectivity index (χ0n) is 16.2. The number of nitrogens with one attached hydrogen (secondary N) is 1. The molecule has 2 N–H and O–H groups in total. The molecule has 2 aromatic carbocycles. The van der Waals surface area contributed by atoms with Crippen LogP contribution in [0.4, 0.5) is 5.69 Å². The van der Waals surface area contributed by atoms with E-state index in [9.17, 15) is 14.7 Å². The lowest BCUT2D eigenvalue weighted by Crippen LogP contribution is -2.25. The Labute approximate surface area is 177 Å². The predicted octanol–water partition coefficient (Wildman–Crippen LogP) is 3.61. The average molecular weight is 427 g/mol. The van der Waals surface area contributed by atoms with E-state index in [1.165, 1.54) is 18.4 Å². The largest absolute Gasteiger partial charge is 0.491 e. The molecule has 3 rings (SSSR count). The summed E-state index contributed by atoms with van der Waals surface area (Å²) in [6, 6.07) is 16.9. The summed E-state index contributed by atoms with van der Waals surface area (Å²) < 4.78 is 15.7. The Morgan fingerprint density at radius 3 is 2.10 bits per heavy atom. The number of benzene rings is 2. The van der Waals surface area contributed by atoms with Gasteiger partial charge in [-0.2, -0.15) is 0 Å². The first-order chi connectivity index (χ1) is 14.5. The van der Waals surface area contributed by atoms with Crippen LogP contribution in [0.15, 0.2) is 66.0 Å². The number of amides is 1. The lowest BCUT2D eigenvalue weighted by Gasteiger charge is -2.14. The number of carbonyl (C=O) groups excluding carboxylic acids is 2. The quantitative estimate of drug-likeness (QED) is 0.507. The SMILES string of the molecule is COC(=O)c1ccc(OC[C@H](O)COc2ccc(NC(=O)c3cccs3)cc2)cc1. The molecule has 0 bridgehead atoms. The van der Waals surface area contributed by atoms with Crippen LogP contribution in [-0.2, 0) is 4.74 Å². The summed E-state index contributed by atoms with van der Waals surface area (Å²) in [4.78, 5) is 24.1. The first-order valence-corrected chi connectivity index (χ1v) is 10.00. The minimum atomic E-state index is -0.844. The molecule has 0 fully saturated rings. The Balaban J connectivity index is 1.41. The number of aliphatic hydroxyl groups is 1. The maximum atomic E-state index is 12.0. The fourth-order valence-electron chi connectivity index (χ4n) is 2.47. The summed E-state index contributed by atoms with van der Waals surface area (Å²) in [6.07, 6.45) is -0.844. The molecule has 0 unspecified atom stereocenters. The van der Waals surface area contributed by atoms with E-state index in [0.717, 1.165) is 0 Å². The number of ether oxygens (including phenoxy) is 3. The van der Waals surface area contributed by atoms with Gasteiger partial charge in [0.25, 0.3) is 5.91 Å². The van der Waals surface area contributed by atoms with Crippen LogP contribution in [-0.4, -0.2) is 43.4 Å². The van der Waals surface area contributed by atoms with Gasteiger partial charge in [0, 0.05) is 5.69 Å². The van der Waals surface area contributed by atoms with Crippen molar-refractivity contribution in [3.63, 3.8) is 0 Å². The molecule has 0 aliphatic heterocycles. The topological polar surface area (TPSA) is 94.1 Å². The van der Waals surface area contributed by atoms with Crippen molar-refractivity contribution in [2.24, 2.45) is 0 Å². The normalized spacial score (nSPS) is 11.4. The van der Waals surface area contributed by atoms with Gasteiger partial charge in [0.1, 0.15) is 30.8 Å². The Hall–Kier alpha value is -3.36. The molecule has 1 atom stereocenters. The van der Waals surface area contributed by atoms with Gasteiger partial charge in [-0.05, 0) is 60.0 Å². The zero-order valence-corrected chi connectivity index (χ0v) is 17.1. The first-order valence-electron chi connectivity index (χ1n) is 9.12. The number of carbonyl (C=O) groups is 2. The molecule has 0 aliphatic carbocycles. The average Bonchev–Trinajstić information content (AvgIpc) is 3.32. The maximum Gasteiger partial charge on any atom is 0.337 e. The summed E-state index contributed by atoms with van der Waals surface area (Å²) in [5.41, 5.74) is 1.07. The van der Waals surface area contributed by atoms with E-state index in [1.807, 2.05) is 11.4 Å². The van der Waals surface area contributed by atoms with Crippen LogP contribution in [0.25, 0.3) is 0 Å². The maximum absolute atomic E-state index is 12.0. The monoisotopic (exact) mass is 427 g/mol. The van der Waals surface area contributed by atoms with Crippen LogP contribution < -0.4 is 14.8 Å². The van der Waals surface area contributed by atoms with Crippen molar-refractivity contribution in [2.75, 3.05) is 25.6 Å². The van der Waals surface area contributed by atoms with E-state index in [4.69, 9.17) is 9.47 Å². The molecule has 8 heteroatoms. The lowest BCUT2D eigenvalue weighted by molar-refractivity contribution is 0.0597. The zero-order chi connectivity index (χ0) is 21.3. The van der Waals surface area contributed by atoms with Gasteiger partial charge in [0.05, 0.1) is 17.6 Å². The third kappa shape index (κ3) is 6.07. The number of aliphatic hydroxyl groups excluding tert-OH is 1. The van der Waals surface area contributed by atoms with E-state index in [1.54, 1.807) is 54.6 Å². The molecule has 30 heavy (non-hydrogen) atoms. The van der Waals surface area contributed by atoms with Crippen LogP contribution in [0.2, 0.25) is 0 Å². The number of rotatable bonds is 9. The number of hydrogen-bond donors (Lipinski definition) is 2. The van der Waals surface area contributed by atoms with Crippen LogP contribution in [0.3, 0.4) is 0 Å². The van der Waals surface area contributed by atoms with Gasteiger partial charge in [-0.3, -0.25) is 4.79 Å². The molecule has 1 heterocycles. The van der Waals surface area contributed by atoms with E-state index in [-0.39, 0.29) is 19.1 Å². The van der Waals surface area contributed by atoms with E-state index in [0.29, 0.717) is 27.6 Å². The summed E-state index contributed by atoms with van der Waals surface area (Å²) in [5.74, 6) is 0.496. The fraction of sp³-hybridized carbons (Fsp3) is 0.182. The molecule has 0 radical (unpaired) electrons. The van der Waals surface area contributed by atoms with Gasteiger partial charge in [0.2, 0.25) is 0 Å². The van der Waals surface area contributed by atoms with Gasteiger partial charge in [-0.25, -0.2) is 4.79 Å². The summed E-state index contributed by atoms with van der Waals surface area (Å²) in [7, 11) is 1.32. The molecule has 0 saturated heterocycles. The van der Waals surface area contributed by atoms with Crippen molar-refractivity contribution in [1.29, 1.82) is 0 Å². The summed E-state index contributed by atoms with van der Waals surface area (Å²) in [5, 5.41) is 14.7.